The van der Waals surface area contributed by atoms with E-state index < -0.39 is 9.84 Å². The number of aromatic nitrogens is 4. The van der Waals surface area contributed by atoms with Crippen molar-refractivity contribution in [3.05, 3.63) is 88.9 Å². The second-order valence-electron chi connectivity index (χ2n) is 8.13. The van der Waals surface area contributed by atoms with Crippen molar-refractivity contribution in [3.8, 4) is 0 Å². The smallest absolute Gasteiger partial charge is 0.229 e. The van der Waals surface area contributed by atoms with Crippen LogP contribution in [0.15, 0.2) is 93.3 Å². The molecule has 1 N–H and O–H groups in total. The maximum Gasteiger partial charge on any atom is 0.229 e. The number of fused-ring (bicyclic) bond motifs is 3. The summed E-state index contributed by atoms with van der Waals surface area (Å²) in [6.45, 7) is 2.09. The topological polar surface area (TPSA) is 89.2 Å². The van der Waals surface area contributed by atoms with Gasteiger partial charge in [-0.2, -0.15) is 4.52 Å². The predicted octanol–water partition coefficient (Wildman–Crippen LogP) is 5.31. The zero-order chi connectivity index (χ0) is 23.7. The molecule has 5 aromatic rings. The van der Waals surface area contributed by atoms with Crippen molar-refractivity contribution in [2.45, 2.75) is 35.7 Å². The van der Waals surface area contributed by atoms with Gasteiger partial charge < -0.3 is 5.32 Å². The van der Waals surface area contributed by atoms with Crippen LogP contribution in [0.5, 0.6) is 0 Å². The Kier molecular flexibility index (Phi) is 6.05. The first kappa shape index (κ1) is 22.5. The van der Waals surface area contributed by atoms with E-state index in [1.54, 1.807) is 12.1 Å². The van der Waals surface area contributed by atoms with Gasteiger partial charge in [-0.15, -0.1) is 5.10 Å². The van der Waals surface area contributed by atoms with Crippen molar-refractivity contribution in [1.82, 2.24) is 19.8 Å². The van der Waals surface area contributed by atoms with Gasteiger partial charge in [0.05, 0.1) is 10.4 Å². The van der Waals surface area contributed by atoms with Crippen LogP contribution >= 0.6 is 15.9 Å². The summed E-state index contributed by atoms with van der Waals surface area (Å²) in [4.78, 5) is 4.84. The fourth-order valence-electron chi connectivity index (χ4n) is 3.89. The molecule has 0 bridgehead atoms. The van der Waals surface area contributed by atoms with E-state index in [2.05, 4.69) is 50.6 Å². The van der Waals surface area contributed by atoms with Crippen molar-refractivity contribution in [1.29, 1.82) is 0 Å². The molecule has 0 radical (unpaired) electrons. The zero-order valence-electron chi connectivity index (χ0n) is 18.4. The van der Waals surface area contributed by atoms with E-state index in [0.29, 0.717) is 5.82 Å². The molecule has 7 nitrogen and oxygen atoms in total. The summed E-state index contributed by atoms with van der Waals surface area (Å²) in [6, 6.07) is 24.5. The Morgan fingerprint density at radius 3 is 2.44 bits per heavy atom. The van der Waals surface area contributed by atoms with E-state index in [9.17, 15) is 8.42 Å². The molecule has 3 aromatic carbocycles. The van der Waals surface area contributed by atoms with Gasteiger partial charge in [0, 0.05) is 15.9 Å². The summed E-state index contributed by atoms with van der Waals surface area (Å²) < 4.78 is 29.0. The number of hydrogen-bond donors (Lipinski definition) is 1. The lowest BCUT2D eigenvalue weighted by atomic mass is 10.1. The van der Waals surface area contributed by atoms with Crippen LogP contribution in [0, 0.1) is 0 Å². The van der Waals surface area contributed by atoms with Crippen molar-refractivity contribution in [3.63, 3.8) is 0 Å². The first-order valence-corrected chi connectivity index (χ1v) is 13.2. The Morgan fingerprint density at radius 1 is 0.971 bits per heavy atom. The third-order valence-electron chi connectivity index (χ3n) is 5.69. The Balaban J connectivity index is 1.55. The molecule has 0 aliphatic carbocycles. The normalized spacial score (nSPS) is 12.8. The van der Waals surface area contributed by atoms with Crippen LogP contribution in [-0.2, 0) is 16.3 Å². The minimum atomic E-state index is -3.90. The minimum Gasteiger partial charge on any atom is -0.367 e. The van der Waals surface area contributed by atoms with Crippen LogP contribution < -0.4 is 5.32 Å². The minimum absolute atomic E-state index is 0.112. The van der Waals surface area contributed by atoms with Crippen molar-refractivity contribution < 1.29 is 8.42 Å². The van der Waals surface area contributed by atoms with Crippen LogP contribution in [0.3, 0.4) is 0 Å². The highest BCUT2D eigenvalue weighted by molar-refractivity contribution is 9.10. The SMILES string of the molecule is C[C@@H](CCc1ccccc1)Nc1nc2c(S(=O)(=O)c3ccc(Br)cc3)nnn2c2ccccc12. The molecule has 0 saturated heterocycles. The number of para-hydroxylation sites is 1. The second-order valence-corrected chi connectivity index (χ2v) is 10.9. The van der Waals surface area contributed by atoms with Gasteiger partial charge in [0.25, 0.3) is 0 Å². The van der Waals surface area contributed by atoms with E-state index in [-0.39, 0.29) is 21.6 Å². The number of hydrogen-bond acceptors (Lipinski definition) is 6. The summed E-state index contributed by atoms with van der Waals surface area (Å²) >= 11 is 3.34. The molecule has 172 valence electrons. The first-order chi connectivity index (χ1) is 16.4. The highest BCUT2D eigenvalue weighted by atomic mass is 79.9. The lowest BCUT2D eigenvalue weighted by Crippen LogP contribution is -2.18. The maximum atomic E-state index is 13.4. The van der Waals surface area contributed by atoms with E-state index in [4.69, 9.17) is 4.98 Å². The second kappa shape index (κ2) is 9.15. The summed E-state index contributed by atoms with van der Waals surface area (Å²) in [7, 11) is -3.90. The Labute approximate surface area is 205 Å². The number of rotatable bonds is 7. The van der Waals surface area contributed by atoms with Gasteiger partial charge in [-0.1, -0.05) is 63.6 Å². The van der Waals surface area contributed by atoms with Gasteiger partial charge in [0.15, 0.2) is 5.65 Å². The van der Waals surface area contributed by atoms with E-state index in [1.807, 2.05) is 42.5 Å². The summed E-state index contributed by atoms with van der Waals surface area (Å²) in [5.74, 6) is 0.609. The fourth-order valence-corrected chi connectivity index (χ4v) is 5.39. The molecule has 9 heteroatoms. The van der Waals surface area contributed by atoms with E-state index in [1.165, 1.54) is 22.2 Å². The molecule has 0 aliphatic heterocycles. The molecular formula is C25H22BrN5O2S. The molecule has 5 rings (SSSR count). The number of sulfone groups is 1. The number of nitrogens with one attached hydrogen (secondary N) is 1. The Morgan fingerprint density at radius 2 is 1.68 bits per heavy atom. The lowest BCUT2D eigenvalue weighted by Gasteiger charge is -2.16. The van der Waals surface area contributed by atoms with Crippen LogP contribution in [-0.4, -0.2) is 34.3 Å². The van der Waals surface area contributed by atoms with Crippen molar-refractivity contribution >= 4 is 48.1 Å². The number of benzene rings is 3. The Bertz CT molecular complexity index is 1570. The number of halogens is 1. The van der Waals surface area contributed by atoms with Gasteiger partial charge in [-0.05, 0) is 61.7 Å². The van der Waals surface area contributed by atoms with Crippen LogP contribution in [0.25, 0.3) is 16.6 Å². The molecule has 0 saturated carbocycles. The van der Waals surface area contributed by atoms with Gasteiger partial charge in [-0.3, -0.25) is 0 Å². The first-order valence-electron chi connectivity index (χ1n) is 10.9. The molecule has 0 aliphatic rings. The van der Waals surface area contributed by atoms with Gasteiger partial charge >= 0.3 is 0 Å². The molecule has 0 spiro atoms. The van der Waals surface area contributed by atoms with Gasteiger partial charge in [0.1, 0.15) is 5.82 Å². The molecule has 2 heterocycles. The number of anilines is 1. The molecule has 0 amide bonds. The summed E-state index contributed by atoms with van der Waals surface area (Å²) in [6.07, 6.45) is 1.82. The van der Waals surface area contributed by atoms with Crippen LogP contribution in [0.4, 0.5) is 5.82 Å². The summed E-state index contributed by atoms with van der Waals surface area (Å²) in [5.41, 5.74) is 2.20. The molecular weight excluding hydrogens is 514 g/mol. The molecule has 1 atom stereocenters. The average Bonchev–Trinajstić information content (AvgIpc) is 3.29. The van der Waals surface area contributed by atoms with Crippen LogP contribution in [0.1, 0.15) is 18.9 Å². The van der Waals surface area contributed by atoms with Gasteiger partial charge in [0.2, 0.25) is 14.9 Å². The molecule has 0 fully saturated rings. The average molecular weight is 536 g/mol. The van der Waals surface area contributed by atoms with Crippen molar-refractivity contribution in [2.75, 3.05) is 5.32 Å². The maximum absolute atomic E-state index is 13.4. The van der Waals surface area contributed by atoms with Crippen molar-refractivity contribution in [2.24, 2.45) is 0 Å². The van der Waals surface area contributed by atoms with Gasteiger partial charge in [-0.25, -0.2) is 13.4 Å². The largest absolute Gasteiger partial charge is 0.367 e. The molecule has 0 unspecified atom stereocenters. The highest BCUT2D eigenvalue weighted by Gasteiger charge is 2.27. The van der Waals surface area contributed by atoms with E-state index in [0.717, 1.165) is 28.2 Å². The zero-order valence-corrected chi connectivity index (χ0v) is 20.8. The summed E-state index contributed by atoms with van der Waals surface area (Å²) in [5, 5.41) is 12.3. The number of aryl methyl sites for hydroxylation is 1. The molecule has 2 aromatic heterocycles. The molecule has 34 heavy (non-hydrogen) atoms. The Hall–Kier alpha value is -3.30. The standard InChI is InChI=1S/C25H22BrN5O2S/c1-17(11-12-18-7-3-2-4-8-18)27-23-21-9-5-6-10-22(21)31-24(28-23)25(29-30-31)34(32,33)20-15-13-19(26)14-16-20/h2-10,13-17H,11-12H2,1H3,(H,27,28)/t17-/m0/s1. The monoisotopic (exact) mass is 535 g/mol. The van der Waals surface area contributed by atoms with Crippen LogP contribution in [0.2, 0.25) is 0 Å². The third-order valence-corrected chi connectivity index (χ3v) is 7.89. The predicted molar refractivity (Wildman–Crippen MR) is 136 cm³/mol. The van der Waals surface area contributed by atoms with E-state index >= 15 is 0 Å². The highest BCUT2D eigenvalue weighted by Crippen LogP contribution is 2.29. The quantitative estimate of drug-likeness (QED) is 0.304. The fraction of sp³-hybridized carbons (Fsp3) is 0.160. The lowest BCUT2D eigenvalue weighted by molar-refractivity contribution is 0.592. The third kappa shape index (κ3) is 4.28. The number of nitrogens with zero attached hydrogens (tertiary/aromatic N) is 4.